The van der Waals surface area contributed by atoms with Crippen LogP contribution in [-0.2, 0) is 0 Å². The van der Waals surface area contributed by atoms with Crippen LogP contribution in [0.5, 0.6) is 5.75 Å². The molecule has 16 heavy (non-hydrogen) atoms. The van der Waals surface area contributed by atoms with Gasteiger partial charge in [-0.1, -0.05) is 36.2 Å². The third-order valence-electron chi connectivity index (χ3n) is 2.61. The standard InChI is InChI=1S/C13H20BrNO/c1-4-6-11(5-2)15-12-7-10(14)8-13(9-12)16-3/h7-9,11,15H,4-6H2,1-3H3. The van der Waals surface area contributed by atoms with Crippen molar-refractivity contribution in [2.75, 3.05) is 12.4 Å². The first-order valence-corrected chi connectivity index (χ1v) is 6.60. The molecule has 1 aromatic carbocycles. The average Bonchev–Trinajstić information content (AvgIpc) is 2.27. The highest BCUT2D eigenvalue weighted by molar-refractivity contribution is 9.10. The van der Waals surface area contributed by atoms with Gasteiger partial charge in [-0.2, -0.15) is 0 Å². The lowest BCUT2D eigenvalue weighted by Gasteiger charge is -2.18. The molecule has 0 fully saturated rings. The van der Waals surface area contributed by atoms with Gasteiger partial charge >= 0.3 is 0 Å². The first-order chi connectivity index (χ1) is 7.69. The van der Waals surface area contributed by atoms with Gasteiger partial charge in [0, 0.05) is 22.3 Å². The van der Waals surface area contributed by atoms with Crippen LogP contribution >= 0.6 is 15.9 Å². The monoisotopic (exact) mass is 285 g/mol. The molecule has 0 aliphatic heterocycles. The molecule has 0 heterocycles. The van der Waals surface area contributed by atoms with Gasteiger partial charge < -0.3 is 10.1 Å². The fraction of sp³-hybridized carbons (Fsp3) is 0.538. The Labute approximate surface area is 107 Å². The molecule has 0 radical (unpaired) electrons. The van der Waals surface area contributed by atoms with Gasteiger partial charge in [-0.15, -0.1) is 0 Å². The lowest BCUT2D eigenvalue weighted by Crippen LogP contribution is -2.17. The molecule has 0 amide bonds. The Balaban J connectivity index is 2.74. The van der Waals surface area contributed by atoms with Crippen LogP contribution in [0.4, 0.5) is 5.69 Å². The van der Waals surface area contributed by atoms with Gasteiger partial charge in [0.05, 0.1) is 7.11 Å². The van der Waals surface area contributed by atoms with Gasteiger partial charge in [-0.05, 0) is 25.0 Å². The Kier molecular flexibility index (Phi) is 5.67. The molecule has 0 spiro atoms. The van der Waals surface area contributed by atoms with Crippen LogP contribution in [0.2, 0.25) is 0 Å². The number of hydrogen-bond acceptors (Lipinski definition) is 2. The summed E-state index contributed by atoms with van der Waals surface area (Å²) in [7, 11) is 1.69. The molecule has 0 aromatic heterocycles. The Bertz CT molecular complexity index is 328. The molecule has 3 heteroatoms. The summed E-state index contributed by atoms with van der Waals surface area (Å²) in [6, 6.07) is 6.62. The number of anilines is 1. The summed E-state index contributed by atoms with van der Waals surface area (Å²) in [6.45, 7) is 4.42. The minimum Gasteiger partial charge on any atom is -0.497 e. The third-order valence-corrected chi connectivity index (χ3v) is 3.07. The lowest BCUT2D eigenvalue weighted by atomic mass is 10.1. The number of hydrogen-bond donors (Lipinski definition) is 1. The molecule has 1 atom stereocenters. The van der Waals surface area contributed by atoms with Crippen LogP contribution in [0.15, 0.2) is 22.7 Å². The summed E-state index contributed by atoms with van der Waals surface area (Å²) in [5.74, 6) is 0.878. The summed E-state index contributed by atoms with van der Waals surface area (Å²) >= 11 is 3.48. The molecular formula is C13H20BrNO. The van der Waals surface area contributed by atoms with Crippen molar-refractivity contribution in [3.63, 3.8) is 0 Å². The first-order valence-electron chi connectivity index (χ1n) is 5.80. The SMILES string of the molecule is CCCC(CC)Nc1cc(Br)cc(OC)c1. The van der Waals surface area contributed by atoms with Crippen molar-refractivity contribution in [1.29, 1.82) is 0 Å². The second-order valence-electron chi connectivity index (χ2n) is 3.92. The van der Waals surface area contributed by atoms with Crippen molar-refractivity contribution >= 4 is 21.6 Å². The maximum atomic E-state index is 5.24. The molecule has 2 nitrogen and oxygen atoms in total. The summed E-state index contributed by atoms with van der Waals surface area (Å²) in [4.78, 5) is 0. The third kappa shape index (κ3) is 4.05. The molecule has 90 valence electrons. The van der Waals surface area contributed by atoms with E-state index >= 15 is 0 Å². The molecule has 0 saturated heterocycles. The van der Waals surface area contributed by atoms with Crippen molar-refractivity contribution in [3.8, 4) is 5.75 Å². The average molecular weight is 286 g/mol. The number of halogens is 1. The van der Waals surface area contributed by atoms with E-state index in [0.29, 0.717) is 6.04 Å². The van der Waals surface area contributed by atoms with E-state index in [1.165, 1.54) is 12.8 Å². The summed E-state index contributed by atoms with van der Waals surface area (Å²) in [6.07, 6.45) is 3.55. The highest BCUT2D eigenvalue weighted by Crippen LogP contribution is 2.25. The Morgan fingerprint density at radius 2 is 2.06 bits per heavy atom. The van der Waals surface area contributed by atoms with Crippen LogP contribution in [0.3, 0.4) is 0 Å². The van der Waals surface area contributed by atoms with Gasteiger partial charge in [0.1, 0.15) is 5.75 Å². The van der Waals surface area contributed by atoms with Crippen LogP contribution in [-0.4, -0.2) is 13.2 Å². The van der Waals surface area contributed by atoms with Crippen LogP contribution < -0.4 is 10.1 Å². The zero-order valence-corrected chi connectivity index (χ0v) is 11.8. The molecule has 0 aliphatic carbocycles. The zero-order valence-electron chi connectivity index (χ0n) is 10.2. The van der Waals surface area contributed by atoms with E-state index in [0.717, 1.165) is 22.3 Å². The van der Waals surface area contributed by atoms with Gasteiger partial charge in [0.2, 0.25) is 0 Å². The molecule has 1 unspecified atom stereocenters. The quantitative estimate of drug-likeness (QED) is 0.834. The highest BCUT2D eigenvalue weighted by Gasteiger charge is 2.06. The fourth-order valence-electron chi connectivity index (χ4n) is 1.73. The number of ether oxygens (including phenoxy) is 1. The number of nitrogens with one attached hydrogen (secondary N) is 1. The van der Waals surface area contributed by atoms with Crippen LogP contribution in [0.1, 0.15) is 33.1 Å². The zero-order chi connectivity index (χ0) is 12.0. The predicted molar refractivity (Wildman–Crippen MR) is 73.3 cm³/mol. The van der Waals surface area contributed by atoms with Crippen molar-refractivity contribution < 1.29 is 4.74 Å². The topological polar surface area (TPSA) is 21.3 Å². The van der Waals surface area contributed by atoms with Crippen molar-refractivity contribution in [2.24, 2.45) is 0 Å². The van der Waals surface area contributed by atoms with E-state index in [2.05, 4.69) is 41.2 Å². The predicted octanol–water partition coefficient (Wildman–Crippen LogP) is 4.45. The largest absolute Gasteiger partial charge is 0.497 e. The van der Waals surface area contributed by atoms with Crippen molar-refractivity contribution in [3.05, 3.63) is 22.7 Å². The molecule has 1 rings (SSSR count). The van der Waals surface area contributed by atoms with Gasteiger partial charge in [0.25, 0.3) is 0 Å². The minimum atomic E-state index is 0.545. The van der Waals surface area contributed by atoms with Crippen molar-refractivity contribution in [2.45, 2.75) is 39.2 Å². The maximum Gasteiger partial charge on any atom is 0.122 e. The van der Waals surface area contributed by atoms with E-state index in [-0.39, 0.29) is 0 Å². The van der Waals surface area contributed by atoms with E-state index in [1.807, 2.05) is 12.1 Å². The number of rotatable bonds is 6. The van der Waals surface area contributed by atoms with Crippen LogP contribution in [0, 0.1) is 0 Å². The van der Waals surface area contributed by atoms with E-state index in [4.69, 9.17) is 4.74 Å². The first kappa shape index (κ1) is 13.4. The maximum absolute atomic E-state index is 5.24. The van der Waals surface area contributed by atoms with Crippen LogP contribution in [0.25, 0.3) is 0 Å². The Morgan fingerprint density at radius 1 is 1.31 bits per heavy atom. The summed E-state index contributed by atoms with van der Waals surface area (Å²) in [5.41, 5.74) is 1.12. The molecule has 0 bridgehead atoms. The second kappa shape index (κ2) is 6.79. The fourth-order valence-corrected chi connectivity index (χ4v) is 2.20. The normalized spacial score (nSPS) is 12.2. The van der Waals surface area contributed by atoms with Gasteiger partial charge in [0.15, 0.2) is 0 Å². The number of methoxy groups -OCH3 is 1. The molecule has 0 aliphatic rings. The lowest BCUT2D eigenvalue weighted by molar-refractivity contribution is 0.414. The highest BCUT2D eigenvalue weighted by atomic mass is 79.9. The van der Waals surface area contributed by atoms with Gasteiger partial charge in [-0.25, -0.2) is 0 Å². The molecular weight excluding hydrogens is 266 g/mol. The second-order valence-corrected chi connectivity index (χ2v) is 4.83. The van der Waals surface area contributed by atoms with Gasteiger partial charge in [-0.3, -0.25) is 0 Å². The smallest absolute Gasteiger partial charge is 0.122 e. The summed E-state index contributed by atoms with van der Waals surface area (Å²) in [5, 5.41) is 3.54. The minimum absolute atomic E-state index is 0.545. The molecule has 1 aromatic rings. The van der Waals surface area contributed by atoms with E-state index in [1.54, 1.807) is 7.11 Å². The number of benzene rings is 1. The Morgan fingerprint density at radius 3 is 2.62 bits per heavy atom. The molecule has 1 N–H and O–H groups in total. The van der Waals surface area contributed by atoms with Crippen molar-refractivity contribution in [1.82, 2.24) is 0 Å². The Hall–Kier alpha value is -0.700. The van der Waals surface area contributed by atoms with E-state index < -0.39 is 0 Å². The van der Waals surface area contributed by atoms with E-state index in [9.17, 15) is 0 Å². The summed E-state index contributed by atoms with van der Waals surface area (Å²) < 4.78 is 6.28. The molecule has 0 saturated carbocycles.